The highest BCUT2D eigenvalue weighted by Gasteiger charge is 2.22. The molecule has 0 aliphatic rings. The summed E-state index contributed by atoms with van der Waals surface area (Å²) in [6.45, 7) is -0.866. The molecule has 1 aromatic heterocycles. The predicted molar refractivity (Wildman–Crippen MR) is 82.3 cm³/mol. The summed E-state index contributed by atoms with van der Waals surface area (Å²) in [5.41, 5.74) is 3.12. The summed E-state index contributed by atoms with van der Waals surface area (Å²) in [6.07, 6.45) is 0. The minimum absolute atomic E-state index is 0.312. The van der Waals surface area contributed by atoms with Gasteiger partial charge < -0.3 is 10.5 Å². The van der Waals surface area contributed by atoms with E-state index in [1.54, 1.807) is 0 Å². The van der Waals surface area contributed by atoms with Gasteiger partial charge in [0.25, 0.3) is 5.56 Å². The highest BCUT2D eigenvalue weighted by Crippen LogP contribution is 2.10. The molecular formula is C15H13F2N3O5. The van der Waals surface area contributed by atoms with E-state index in [9.17, 15) is 28.0 Å². The van der Waals surface area contributed by atoms with E-state index < -0.39 is 46.8 Å². The van der Waals surface area contributed by atoms with Gasteiger partial charge >= 0.3 is 11.7 Å². The van der Waals surface area contributed by atoms with Crippen molar-refractivity contribution >= 4 is 17.6 Å². The molecule has 0 saturated carbocycles. The van der Waals surface area contributed by atoms with Crippen LogP contribution in [0.15, 0.2) is 27.8 Å². The van der Waals surface area contributed by atoms with Crippen LogP contribution in [0.25, 0.3) is 0 Å². The predicted octanol–water partition coefficient (Wildman–Crippen LogP) is -0.0159. The Morgan fingerprint density at radius 3 is 2.36 bits per heavy atom. The SMILES string of the molecule is Cn1c(N)c(C(=O)COC(=O)c2ccc(F)c(F)c2)c(=O)n(C)c1=O. The number of ketones is 1. The number of hydrogen-bond acceptors (Lipinski definition) is 6. The zero-order chi connectivity index (χ0) is 18.9. The van der Waals surface area contributed by atoms with Crippen molar-refractivity contribution in [3.05, 3.63) is 61.8 Å². The van der Waals surface area contributed by atoms with Crippen molar-refractivity contribution in [3.63, 3.8) is 0 Å². The van der Waals surface area contributed by atoms with E-state index in [0.717, 1.165) is 23.7 Å². The van der Waals surface area contributed by atoms with E-state index >= 15 is 0 Å². The maximum atomic E-state index is 13.1. The summed E-state index contributed by atoms with van der Waals surface area (Å²) >= 11 is 0. The van der Waals surface area contributed by atoms with Crippen LogP contribution in [-0.4, -0.2) is 27.5 Å². The fraction of sp³-hybridized carbons (Fsp3) is 0.200. The lowest BCUT2D eigenvalue weighted by molar-refractivity contribution is 0.0473. The number of carbonyl (C=O) groups excluding carboxylic acids is 2. The molecule has 0 atom stereocenters. The van der Waals surface area contributed by atoms with Gasteiger partial charge in [0.05, 0.1) is 5.56 Å². The lowest BCUT2D eigenvalue weighted by Gasteiger charge is -2.11. The van der Waals surface area contributed by atoms with Gasteiger partial charge in [-0.15, -0.1) is 0 Å². The largest absolute Gasteiger partial charge is 0.454 e. The van der Waals surface area contributed by atoms with Crippen molar-refractivity contribution in [3.8, 4) is 0 Å². The van der Waals surface area contributed by atoms with Gasteiger partial charge in [-0.25, -0.2) is 18.4 Å². The summed E-state index contributed by atoms with van der Waals surface area (Å²) in [5.74, 6) is -4.80. The van der Waals surface area contributed by atoms with Crippen LogP contribution in [0.4, 0.5) is 14.6 Å². The van der Waals surface area contributed by atoms with Crippen molar-refractivity contribution in [1.82, 2.24) is 9.13 Å². The Morgan fingerprint density at radius 2 is 1.76 bits per heavy atom. The van der Waals surface area contributed by atoms with Crippen molar-refractivity contribution in [2.45, 2.75) is 0 Å². The number of hydrogen-bond donors (Lipinski definition) is 1. The highest BCUT2D eigenvalue weighted by atomic mass is 19.2. The highest BCUT2D eigenvalue weighted by molar-refractivity contribution is 6.02. The lowest BCUT2D eigenvalue weighted by atomic mass is 10.2. The summed E-state index contributed by atoms with van der Waals surface area (Å²) < 4.78 is 32.2. The minimum atomic E-state index is -1.25. The van der Waals surface area contributed by atoms with Crippen molar-refractivity contribution < 1.29 is 23.1 Å². The number of carbonyl (C=O) groups is 2. The maximum Gasteiger partial charge on any atom is 0.338 e. The first-order chi connectivity index (χ1) is 11.6. The Kier molecular flexibility index (Phi) is 4.82. The third-order valence-electron chi connectivity index (χ3n) is 3.48. The molecule has 0 spiro atoms. The first-order valence-corrected chi connectivity index (χ1v) is 6.86. The topological polar surface area (TPSA) is 113 Å². The van der Waals surface area contributed by atoms with Crippen LogP contribution in [0.1, 0.15) is 20.7 Å². The number of anilines is 1. The molecule has 0 saturated heterocycles. The number of rotatable bonds is 4. The van der Waals surface area contributed by atoms with Gasteiger partial charge in [-0.1, -0.05) is 0 Å². The van der Waals surface area contributed by atoms with Crippen LogP contribution in [0, 0.1) is 11.6 Å². The third-order valence-corrected chi connectivity index (χ3v) is 3.48. The average Bonchev–Trinajstić information content (AvgIpc) is 2.58. The standard InChI is InChI=1S/C15H13F2N3O5/c1-19-12(18)11(13(22)20(2)15(19)24)10(21)6-25-14(23)7-3-4-8(16)9(17)5-7/h3-5H,6,18H2,1-2H3. The molecule has 1 aromatic carbocycles. The normalized spacial score (nSPS) is 10.6. The Bertz CT molecular complexity index is 994. The summed E-state index contributed by atoms with van der Waals surface area (Å²) in [5, 5.41) is 0. The molecule has 2 rings (SSSR count). The van der Waals surface area contributed by atoms with Gasteiger partial charge in [-0.2, -0.15) is 0 Å². The number of nitrogens with zero attached hydrogens (tertiary/aromatic N) is 2. The molecule has 2 N–H and O–H groups in total. The van der Waals surface area contributed by atoms with Gasteiger partial charge in [0.1, 0.15) is 11.4 Å². The fourth-order valence-electron chi connectivity index (χ4n) is 2.03. The molecule has 0 aliphatic carbocycles. The van der Waals surface area contributed by atoms with Crippen molar-refractivity contribution in [2.75, 3.05) is 12.3 Å². The first-order valence-electron chi connectivity index (χ1n) is 6.86. The molecule has 2 aromatic rings. The summed E-state index contributed by atoms with van der Waals surface area (Å²) in [4.78, 5) is 47.6. The van der Waals surface area contributed by atoms with Crippen LogP contribution < -0.4 is 17.0 Å². The molecule has 1 heterocycles. The van der Waals surface area contributed by atoms with E-state index in [2.05, 4.69) is 0 Å². The second kappa shape index (κ2) is 6.67. The number of esters is 1. The quantitative estimate of drug-likeness (QED) is 0.611. The maximum absolute atomic E-state index is 13.1. The van der Waals surface area contributed by atoms with Gasteiger partial charge in [0, 0.05) is 14.1 Å². The molecule has 132 valence electrons. The Morgan fingerprint density at radius 1 is 1.12 bits per heavy atom. The van der Waals surface area contributed by atoms with E-state index in [0.29, 0.717) is 10.6 Å². The second-order valence-corrected chi connectivity index (χ2v) is 5.09. The molecule has 0 unspecified atom stereocenters. The molecule has 0 aliphatic heterocycles. The van der Waals surface area contributed by atoms with Gasteiger partial charge in [-0.05, 0) is 18.2 Å². The smallest absolute Gasteiger partial charge is 0.338 e. The average molecular weight is 353 g/mol. The van der Waals surface area contributed by atoms with Gasteiger partial charge in [-0.3, -0.25) is 18.7 Å². The van der Waals surface area contributed by atoms with E-state index in [1.807, 2.05) is 0 Å². The Labute approximate surface area is 139 Å². The molecular weight excluding hydrogens is 340 g/mol. The number of aromatic nitrogens is 2. The van der Waals surface area contributed by atoms with Crippen molar-refractivity contribution in [2.24, 2.45) is 14.1 Å². The lowest BCUT2D eigenvalue weighted by Crippen LogP contribution is -2.42. The zero-order valence-corrected chi connectivity index (χ0v) is 13.2. The Hall–Kier alpha value is -3.30. The van der Waals surface area contributed by atoms with Crippen LogP contribution in [-0.2, 0) is 18.8 Å². The molecule has 25 heavy (non-hydrogen) atoms. The molecule has 0 fully saturated rings. The molecule has 10 heteroatoms. The van der Waals surface area contributed by atoms with Crippen molar-refractivity contribution in [1.29, 1.82) is 0 Å². The molecule has 8 nitrogen and oxygen atoms in total. The van der Waals surface area contributed by atoms with E-state index in [1.165, 1.54) is 7.05 Å². The molecule has 0 radical (unpaired) electrons. The Balaban J connectivity index is 2.24. The molecule has 0 amide bonds. The van der Waals surface area contributed by atoms with E-state index in [-0.39, 0.29) is 11.4 Å². The van der Waals surface area contributed by atoms with Crippen LogP contribution >= 0.6 is 0 Å². The first kappa shape index (κ1) is 18.0. The minimum Gasteiger partial charge on any atom is -0.454 e. The van der Waals surface area contributed by atoms with E-state index in [4.69, 9.17) is 10.5 Å². The van der Waals surface area contributed by atoms with Crippen LogP contribution in [0.2, 0.25) is 0 Å². The summed E-state index contributed by atoms with van der Waals surface area (Å²) in [6, 6.07) is 2.32. The monoisotopic (exact) mass is 353 g/mol. The van der Waals surface area contributed by atoms with Gasteiger partial charge in [0.2, 0.25) is 5.78 Å². The number of benzene rings is 1. The fourth-order valence-corrected chi connectivity index (χ4v) is 2.03. The number of nitrogens with two attached hydrogens (primary N) is 1. The number of ether oxygens (including phenoxy) is 1. The third kappa shape index (κ3) is 3.32. The van der Waals surface area contributed by atoms with Crippen LogP contribution in [0.3, 0.4) is 0 Å². The number of Topliss-reactive ketones (excluding diaryl/α,β-unsaturated/α-hetero) is 1. The van der Waals surface area contributed by atoms with Crippen LogP contribution in [0.5, 0.6) is 0 Å². The zero-order valence-electron chi connectivity index (χ0n) is 13.2. The number of halogens is 2. The van der Waals surface area contributed by atoms with Gasteiger partial charge in [0.15, 0.2) is 18.2 Å². The molecule has 0 bridgehead atoms. The summed E-state index contributed by atoms with van der Waals surface area (Å²) in [7, 11) is 2.43. The number of nitrogen functional groups attached to an aromatic ring is 1. The second-order valence-electron chi connectivity index (χ2n) is 5.09.